The number of nitrogens with zero attached hydrogens (tertiary/aromatic N) is 3. The molecular formula is C25H27N3O8. The largest absolute Gasteiger partial charge is 0.493 e. The van der Waals surface area contributed by atoms with E-state index in [1.165, 1.54) is 19.2 Å². The highest BCUT2D eigenvalue weighted by molar-refractivity contribution is 5.90. The molecule has 0 saturated carbocycles. The van der Waals surface area contributed by atoms with Crippen LogP contribution in [0.1, 0.15) is 23.2 Å². The second-order valence-corrected chi connectivity index (χ2v) is 7.66. The van der Waals surface area contributed by atoms with Crippen molar-refractivity contribution in [2.75, 3.05) is 46.6 Å². The number of methoxy groups -OCH3 is 1. The van der Waals surface area contributed by atoms with Crippen molar-refractivity contribution in [2.24, 2.45) is 0 Å². The summed E-state index contributed by atoms with van der Waals surface area (Å²) in [6, 6.07) is 11.9. The Morgan fingerprint density at radius 1 is 1.03 bits per heavy atom. The molecule has 2 aromatic carbocycles. The molecule has 1 aliphatic heterocycles. The molecule has 0 bridgehead atoms. The SMILES string of the molecule is CCOc1ccccc1-c1noc(COC(=O)c2ccc(OCC(=O)N3CCOCC3)c(OC)c2)n1. The van der Waals surface area contributed by atoms with Crippen molar-refractivity contribution in [1.29, 1.82) is 0 Å². The van der Waals surface area contributed by atoms with Gasteiger partial charge in [0.25, 0.3) is 11.8 Å². The van der Waals surface area contributed by atoms with Gasteiger partial charge in [-0.05, 0) is 37.3 Å². The van der Waals surface area contributed by atoms with Gasteiger partial charge >= 0.3 is 5.97 Å². The number of hydrogen-bond acceptors (Lipinski definition) is 10. The molecule has 2 heterocycles. The summed E-state index contributed by atoms with van der Waals surface area (Å²) in [5.41, 5.74) is 0.910. The molecule has 0 N–H and O–H groups in total. The van der Waals surface area contributed by atoms with Crippen molar-refractivity contribution in [3.8, 4) is 28.6 Å². The first-order chi connectivity index (χ1) is 17.6. The Hall–Kier alpha value is -4.12. The summed E-state index contributed by atoms with van der Waals surface area (Å²) in [7, 11) is 1.45. The van der Waals surface area contributed by atoms with Gasteiger partial charge in [-0.1, -0.05) is 17.3 Å². The molecule has 1 aliphatic rings. The average molecular weight is 498 g/mol. The number of benzene rings is 2. The summed E-state index contributed by atoms with van der Waals surface area (Å²) in [4.78, 5) is 30.9. The zero-order valence-electron chi connectivity index (χ0n) is 20.1. The molecule has 0 aliphatic carbocycles. The van der Waals surface area contributed by atoms with E-state index < -0.39 is 5.97 Å². The lowest BCUT2D eigenvalue weighted by atomic mass is 10.2. The highest BCUT2D eigenvalue weighted by Crippen LogP contribution is 2.29. The van der Waals surface area contributed by atoms with Crippen molar-refractivity contribution >= 4 is 11.9 Å². The summed E-state index contributed by atoms with van der Waals surface area (Å²) in [6.07, 6.45) is 0. The van der Waals surface area contributed by atoms with Crippen molar-refractivity contribution in [3.05, 3.63) is 53.9 Å². The van der Waals surface area contributed by atoms with Crippen LogP contribution in [0.25, 0.3) is 11.4 Å². The van der Waals surface area contributed by atoms with Gasteiger partial charge in [0, 0.05) is 13.1 Å². The predicted octanol–water partition coefficient (Wildman–Crippen LogP) is 2.74. The van der Waals surface area contributed by atoms with Gasteiger partial charge in [-0.25, -0.2) is 4.79 Å². The number of ether oxygens (including phenoxy) is 5. The molecule has 3 aromatic rings. The van der Waals surface area contributed by atoms with E-state index in [0.29, 0.717) is 61.5 Å². The molecule has 0 radical (unpaired) electrons. The summed E-state index contributed by atoms with van der Waals surface area (Å²) in [5, 5.41) is 3.96. The van der Waals surface area contributed by atoms with E-state index in [9.17, 15) is 9.59 Å². The quantitative estimate of drug-likeness (QED) is 0.386. The Balaban J connectivity index is 1.35. The number of hydrogen-bond donors (Lipinski definition) is 0. The summed E-state index contributed by atoms with van der Waals surface area (Å²) >= 11 is 0. The Bertz CT molecular complexity index is 1190. The van der Waals surface area contributed by atoms with E-state index >= 15 is 0 Å². The van der Waals surface area contributed by atoms with Crippen molar-refractivity contribution < 1.29 is 37.8 Å². The van der Waals surface area contributed by atoms with E-state index in [0.717, 1.165) is 0 Å². The first kappa shape index (κ1) is 25.0. The van der Waals surface area contributed by atoms with Gasteiger partial charge in [-0.2, -0.15) is 4.98 Å². The molecule has 11 nitrogen and oxygen atoms in total. The minimum absolute atomic E-state index is 0.137. The zero-order chi connectivity index (χ0) is 25.3. The van der Waals surface area contributed by atoms with Crippen LogP contribution in [0.2, 0.25) is 0 Å². The fourth-order valence-corrected chi connectivity index (χ4v) is 3.52. The fraction of sp³-hybridized carbons (Fsp3) is 0.360. The predicted molar refractivity (Wildman–Crippen MR) is 126 cm³/mol. The normalized spacial score (nSPS) is 13.2. The van der Waals surface area contributed by atoms with Crippen LogP contribution in [-0.2, 0) is 20.9 Å². The van der Waals surface area contributed by atoms with Gasteiger partial charge in [0.05, 0.1) is 38.1 Å². The number of carbonyl (C=O) groups excluding carboxylic acids is 2. The zero-order valence-corrected chi connectivity index (χ0v) is 20.1. The highest BCUT2D eigenvalue weighted by atomic mass is 16.6. The number of rotatable bonds is 10. The van der Waals surface area contributed by atoms with Crippen LogP contribution >= 0.6 is 0 Å². The van der Waals surface area contributed by atoms with Gasteiger partial charge in [0.15, 0.2) is 24.7 Å². The third kappa shape index (κ3) is 6.11. The van der Waals surface area contributed by atoms with Crippen LogP contribution in [0, 0.1) is 0 Å². The third-order valence-electron chi connectivity index (χ3n) is 5.34. The molecule has 1 amide bonds. The standard InChI is InChI=1S/C25H27N3O8/c1-3-33-19-7-5-4-6-18(19)24-26-22(36-27-24)15-35-25(30)17-8-9-20(21(14-17)31-2)34-16-23(29)28-10-12-32-13-11-28/h4-9,14H,3,10-13,15-16H2,1-2H3. The Morgan fingerprint density at radius 3 is 2.61 bits per heavy atom. The number of para-hydroxylation sites is 1. The lowest BCUT2D eigenvalue weighted by molar-refractivity contribution is -0.137. The first-order valence-electron chi connectivity index (χ1n) is 11.5. The molecular weight excluding hydrogens is 470 g/mol. The van der Waals surface area contributed by atoms with Crippen molar-refractivity contribution in [1.82, 2.24) is 15.0 Å². The molecule has 4 rings (SSSR count). The lowest BCUT2D eigenvalue weighted by Crippen LogP contribution is -2.43. The van der Waals surface area contributed by atoms with E-state index in [-0.39, 0.29) is 30.6 Å². The highest BCUT2D eigenvalue weighted by Gasteiger charge is 2.20. The molecule has 36 heavy (non-hydrogen) atoms. The maximum absolute atomic E-state index is 12.6. The van der Waals surface area contributed by atoms with Crippen molar-refractivity contribution in [3.63, 3.8) is 0 Å². The summed E-state index contributed by atoms with van der Waals surface area (Å²) < 4.78 is 32.3. The number of carbonyl (C=O) groups is 2. The Labute approximate surface area is 207 Å². The third-order valence-corrected chi connectivity index (χ3v) is 5.34. The molecule has 1 aromatic heterocycles. The van der Waals surface area contributed by atoms with E-state index in [4.69, 9.17) is 28.2 Å². The van der Waals surface area contributed by atoms with Gasteiger partial charge in [-0.3, -0.25) is 4.79 Å². The maximum atomic E-state index is 12.6. The topological polar surface area (TPSA) is 122 Å². The van der Waals surface area contributed by atoms with Crippen LogP contribution in [0.5, 0.6) is 17.2 Å². The fourth-order valence-electron chi connectivity index (χ4n) is 3.52. The van der Waals surface area contributed by atoms with Crippen LogP contribution in [-0.4, -0.2) is 73.5 Å². The molecule has 0 unspecified atom stereocenters. The minimum atomic E-state index is -0.612. The van der Waals surface area contributed by atoms with E-state index in [1.807, 2.05) is 31.2 Å². The van der Waals surface area contributed by atoms with Gasteiger partial charge in [-0.15, -0.1) is 0 Å². The molecule has 190 valence electrons. The lowest BCUT2D eigenvalue weighted by Gasteiger charge is -2.26. The van der Waals surface area contributed by atoms with Gasteiger partial charge in [0.1, 0.15) is 5.75 Å². The number of esters is 1. The molecule has 1 saturated heterocycles. The van der Waals surface area contributed by atoms with E-state index in [1.54, 1.807) is 11.0 Å². The Kier molecular flexibility index (Phi) is 8.35. The van der Waals surface area contributed by atoms with Crippen LogP contribution in [0.3, 0.4) is 0 Å². The van der Waals surface area contributed by atoms with Crippen LogP contribution < -0.4 is 14.2 Å². The first-order valence-corrected chi connectivity index (χ1v) is 11.5. The maximum Gasteiger partial charge on any atom is 0.338 e. The second kappa shape index (κ2) is 12.0. The van der Waals surface area contributed by atoms with Crippen LogP contribution in [0.4, 0.5) is 0 Å². The van der Waals surface area contributed by atoms with Crippen molar-refractivity contribution in [2.45, 2.75) is 13.5 Å². The number of aromatic nitrogens is 2. The molecule has 1 fully saturated rings. The van der Waals surface area contributed by atoms with E-state index in [2.05, 4.69) is 10.1 Å². The summed E-state index contributed by atoms with van der Waals surface area (Å²) in [5.74, 6) is 0.978. The molecule has 0 atom stereocenters. The number of morpholine rings is 1. The van der Waals surface area contributed by atoms with Gasteiger partial charge < -0.3 is 33.1 Å². The summed E-state index contributed by atoms with van der Waals surface area (Å²) in [6.45, 7) is 4.11. The molecule has 0 spiro atoms. The minimum Gasteiger partial charge on any atom is -0.493 e. The monoisotopic (exact) mass is 497 g/mol. The second-order valence-electron chi connectivity index (χ2n) is 7.66. The Morgan fingerprint density at radius 2 is 1.83 bits per heavy atom. The molecule has 11 heteroatoms. The average Bonchev–Trinajstić information content (AvgIpc) is 3.40. The van der Waals surface area contributed by atoms with Gasteiger partial charge in [0.2, 0.25) is 5.82 Å². The smallest absolute Gasteiger partial charge is 0.338 e. The van der Waals surface area contributed by atoms with Crippen LogP contribution in [0.15, 0.2) is 47.0 Å². The number of amides is 1.